The van der Waals surface area contributed by atoms with Gasteiger partial charge in [0.15, 0.2) is 0 Å². The third-order valence-corrected chi connectivity index (χ3v) is 15.0. The monoisotopic (exact) mass is 816 g/mol. The van der Waals surface area contributed by atoms with Crippen LogP contribution in [0.4, 0.5) is 0 Å². The molecule has 11 aromatic carbocycles. The molecule has 2 nitrogen and oxygen atoms in total. The molecule has 294 valence electrons. The van der Waals surface area contributed by atoms with E-state index in [4.69, 9.17) is 0 Å². The van der Waals surface area contributed by atoms with Crippen LogP contribution in [0.2, 0.25) is 0 Å². The fraction of sp³-hybridized carbons (Fsp3) is 0. The van der Waals surface area contributed by atoms with Gasteiger partial charge in [-0.1, -0.05) is 198 Å². The van der Waals surface area contributed by atoms with E-state index in [1.165, 1.54) is 109 Å². The van der Waals surface area contributed by atoms with Gasteiger partial charge in [-0.25, -0.2) is 0 Å². The van der Waals surface area contributed by atoms with Crippen LogP contribution in [-0.4, -0.2) is 18.7 Å². The standard InChI is InChI=1S/C60H40N2Si/c1-2-19-43(20-3-1)63-44-33-34-53-54(38-44)59(51-26-6-7-27-52(51)60(53)50-28-16-18-39-17-4-5-21-45(39)50)40-35-41(61-55-29-12-8-22-46(55)47-23-9-13-30-56(47)61)37-42(36-40)62-57-31-14-10-24-48(57)49-25-11-15-32-58(49)62/h1-38H,63H2. The highest BCUT2D eigenvalue weighted by Gasteiger charge is 2.22. The van der Waals surface area contributed by atoms with Crippen molar-refractivity contribution in [2.75, 3.05) is 0 Å². The Balaban J connectivity index is 1.19. The van der Waals surface area contributed by atoms with Crippen LogP contribution in [0, 0.1) is 0 Å². The first-order valence-corrected chi connectivity index (χ1v) is 23.3. The molecular formula is C60H40N2Si. The van der Waals surface area contributed by atoms with Gasteiger partial charge < -0.3 is 9.13 Å². The summed E-state index contributed by atoms with van der Waals surface area (Å²) >= 11 is 0. The summed E-state index contributed by atoms with van der Waals surface area (Å²) in [5.74, 6) is 0. The lowest BCUT2D eigenvalue weighted by Crippen LogP contribution is -2.26. The molecule has 0 amide bonds. The number of nitrogens with zero attached hydrogens (tertiary/aromatic N) is 2. The van der Waals surface area contributed by atoms with Crippen LogP contribution in [0.25, 0.3) is 110 Å². The molecule has 3 heteroatoms. The molecule has 2 aromatic heterocycles. The Bertz CT molecular complexity index is 3700. The van der Waals surface area contributed by atoms with Gasteiger partial charge >= 0.3 is 0 Å². The molecule has 0 aliphatic carbocycles. The van der Waals surface area contributed by atoms with Crippen LogP contribution in [0.1, 0.15) is 0 Å². The molecule has 0 saturated carbocycles. The van der Waals surface area contributed by atoms with Crippen molar-refractivity contribution in [1.29, 1.82) is 0 Å². The summed E-state index contributed by atoms with van der Waals surface area (Å²) in [4.78, 5) is 0. The van der Waals surface area contributed by atoms with E-state index >= 15 is 0 Å². The predicted molar refractivity (Wildman–Crippen MR) is 273 cm³/mol. The average molecular weight is 817 g/mol. The second-order valence-corrected chi connectivity index (χ2v) is 18.8. The van der Waals surface area contributed by atoms with Crippen LogP contribution >= 0.6 is 0 Å². The Morgan fingerprint density at radius 2 is 0.714 bits per heavy atom. The van der Waals surface area contributed by atoms with Gasteiger partial charge in [-0.2, -0.15) is 0 Å². The maximum atomic E-state index is 2.54. The number of hydrogen-bond acceptors (Lipinski definition) is 0. The van der Waals surface area contributed by atoms with Crippen LogP contribution in [0.15, 0.2) is 231 Å². The first kappa shape index (κ1) is 35.7. The van der Waals surface area contributed by atoms with Crippen molar-refractivity contribution in [2.24, 2.45) is 0 Å². The van der Waals surface area contributed by atoms with E-state index in [0.717, 1.165) is 11.4 Å². The quantitative estimate of drug-likeness (QED) is 0.117. The molecule has 0 bridgehead atoms. The maximum Gasteiger partial charge on any atom is 0.0875 e. The van der Waals surface area contributed by atoms with Crippen molar-refractivity contribution >= 4 is 95.8 Å². The molecule has 0 aliphatic rings. The molecular weight excluding hydrogens is 777 g/mol. The van der Waals surface area contributed by atoms with E-state index in [1.807, 2.05) is 0 Å². The third-order valence-electron chi connectivity index (χ3n) is 13.3. The summed E-state index contributed by atoms with van der Waals surface area (Å²) < 4.78 is 4.96. The SMILES string of the molecule is c1ccc([SiH2]c2ccc3c(-c4cccc5ccccc45)c4ccccc4c(-c4cc(-n5c6ccccc6c6ccccc65)cc(-n5c6ccccc6c6ccccc65)c4)c3c2)cc1. The van der Waals surface area contributed by atoms with E-state index in [1.54, 1.807) is 0 Å². The minimum atomic E-state index is -0.765. The Kier molecular flexibility index (Phi) is 8.12. The smallest absolute Gasteiger partial charge is 0.0875 e. The fourth-order valence-corrected chi connectivity index (χ4v) is 12.1. The molecule has 0 spiro atoms. The second-order valence-electron chi connectivity index (χ2n) is 16.8. The number of benzene rings is 11. The Labute approximate surface area is 367 Å². The highest BCUT2D eigenvalue weighted by molar-refractivity contribution is 6.67. The molecule has 0 unspecified atom stereocenters. The summed E-state index contributed by atoms with van der Waals surface area (Å²) in [7, 11) is -0.765. The van der Waals surface area contributed by atoms with Crippen molar-refractivity contribution in [1.82, 2.24) is 9.13 Å². The molecule has 0 radical (unpaired) electrons. The molecule has 0 atom stereocenters. The Morgan fingerprint density at radius 3 is 1.29 bits per heavy atom. The summed E-state index contributed by atoms with van der Waals surface area (Å²) in [5.41, 5.74) is 12.0. The molecule has 0 N–H and O–H groups in total. The summed E-state index contributed by atoms with van der Waals surface area (Å²) in [6.45, 7) is 0. The minimum Gasteiger partial charge on any atom is -0.309 e. The van der Waals surface area contributed by atoms with Gasteiger partial charge in [0.2, 0.25) is 0 Å². The number of para-hydroxylation sites is 4. The van der Waals surface area contributed by atoms with Crippen molar-refractivity contribution in [3.05, 3.63) is 231 Å². The molecule has 13 rings (SSSR count). The summed E-state index contributed by atoms with van der Waals surface area (Å²) in [6, 6.07) is 85.9. The fourth-order valence-electron chi connectivity index (χ4n) is 10.6. The van der Waals surface area contributed by atoms with E-state index in [0.29, 0.717) is 0 Å². The minimum absolute atomic E-state index is 0.765. The van der Waals surface area contributed by atoms with Crippen LogP contribution in [0.5, 0.6) is 0 Å². The highest BCUT2D eigenvalue weighted by atomic mass is 28.2. The lowest BCUT2D eigenvalue weighted by molar-refractivity contribution is 1.14. The summed E-state index contributed by atoms with van der Waals surface area (Å²) in [6.07, 6.45) is 0. The number of rotatable bonds is 6. The van der Waals surface area contributed by atoms with Gasteiger partial charge in [-0.3, -0.25) is 0 Å². The lowest BCUT2D eigenvalue weighted by Gasteiger charge is -2.21. The van der Waals surface area contributed by atoms with E-state index in [2.05, 4.69) is 240 Å². The van der Waals surface area contributed by atoms with Crippen molar-refractivity contribution < 1.29 is 0 Å². The van der Waals surface area contributed by atoms with Gasteiger partial charge in [0.25, 0.3) is 0 Å². The largest absolute Gasteiger partial charge is 0.309 e. The normalized spacial score (nSPS) is 12.1. The number of hydrogen-bond donors (Lipinski definition) is 0. The van der Waals surface area contributed by atoms with Crippen LogP contribution < -0.4 is 10.4 Å². The lowest BCUT2D eigenvalue weighted by atomic mass is 9.84. The zero-order chi connectivity index (χ0) is 41.4. The predicted octanol–water partition coefficient (Wildman–Crippen LogP) is 13.8. The first-order chi connectivity index (χ1) is 31.3. The van der Waals surface area contributed by atoms with Crippen molar-refractivity contribution in [2.45, 2.75) is 0 Å². The van der Waals surface area contributed by atoms with Gasteiger partial charge in [0.05, 0.1) is 31.6 Å². The van der Waals surface area contributed by atoms with Gasteiger partial charge in [0, 0.05) is 32.9 Å². The Morgan fingerprint density at radius 1 is 0.270 bits per heavy atom. The van der Waals surface area contributed by atoms with E-state index in [9.17, 15) is 0 Å². The Hall–Kier alpha value is -7.98. The van der Waals surface area contributed by atoms with Gasteiger partial charge in [0.1, 0.15) is 0 Å². The van der Waals surface area contributed by atoms with Crippen molar-refractivity contribution in [3.8, 4) is 33.6 Å². The van der Waals surface area contributed by atoms with Crippen molar-refractivity contribution in [3.63, 3.8) is 0 Å². The first-order valence-electron chi connectivity index (χ1n) is 21.9. The third kappa shape index (κ3) is 5.64. The number of aromatic nitrogens is 2. The molecule has 0 fully saturated rings. The van der Waals surface area contributed by atoms with E-state index in [-0.39, 0.29) is 0 Å². The highest BCUT2D eigenvalue weighted by Crippen LogP contribution is 2.47. The molecule has 0 saturated heterocycles. The maximum absolute atomic E-state index is 2.54. The molecule has 2 heterocycles. The summed E-state index contributed by atoms with van der Waals surface area (Å²) in [5, 5.41) is 15.4. The van der Waals surface area contributed by atoms with Crippen LogP contribution in [-0.2, 0) is 0 Å². The van der Waals surface area contributed by atoms with Crippen LogP contribution in [0.3, 0.4) is 0 Å². The zero-order valence-corrected chi connectivity index (χ0v) is 36.0. The van der Waals surface area contributed by atoms with Gasteiger partial charge in [-0.05, 0) is 97.0 Å². The number of fused-ring (bicyclic) bond motifs is 9. The van der Waals surface area contributed by atoms with Gasteiger partial charge in [-0.15, -0.1) is 0 Å². The molecule has 0 aliphatic heterocycles. The van der Waals surface area contributed by atoms with E-state index < -0.39 is 9.52 Å². The molecule has 63 heavy (non-hydrogen) atoms. The average Bonchev–Trinajstić information content (AvgIpc) is 3.86. The molecule has 13 aromatic rings. The topological polar surface area (TPSA) is 9.86 Å². The second kappa shape index (κ2) is 14.3. The zero-order valence-electron chi connectivity index (χ0n) is 34.5.